The van der Waals surface area contributed by atoms with Crippen molar-refractivity contribution >= 4 is 66.8 Å². The quantitative estimate of drug-likeness (QED) is 0.159. The molecule has 9 rings (SSSR count). The lowest BCUT2D eigenvalue weighted by atomic mass is 9.36. The van der Waals surface area contributed by atoms with Crippen LogP contribution in [0.25, 0.3) is 54.6 Å². The highest BCUT2D eigenvalue weighted by Crippen LogP contribution is 2.46. The molecule has 0 N–H and O–H groups in total. The van der Waals surface area contributed by atoms with E-state index in [1.165, 1.54) is 82.3 Å². The van der Waals surface area contributed by atoms with Crippen molar-refractivity contribution in [1.29, 1.82) is 0 Å². The van der Waals surface area contributed by atoms with E-state index < -0.39 is 0 Å². The SMILES string of the molecule is CN1c2ccccc2B(c2ccccc2)c2cc3c(-c4ccccc4)cc(-c4ccccc4)c4ccc5ccc1c2c5c43. The maximum absolute atomic E-state index is 2.53. The predicted molar refractivity (Wildman–Crippen MR) is 187 cm³/mol. The van der Waals surface area contributed by atoms with Crippen molar-refractivity contribution in [3.63, 3.8) is 0 Å². The van der Waals surface area contributed by atoms with Crippen LogP contribution < -0.4 is 21.3 Å². The number of hydrogen-bond acceptors (Lipinski definition) is 1. The Balaban J connectivity index is 1.52. The van der Waals surface area contributed by atoms with Gasteiger partial charge in [-0.05, 0) is 72.8 Å². The van der Waals surface area contributed by atoms with Gasteiger partial charge in [-0.3, -0.25) is 0 Å². The lowest BCUT2D eigenvalue weighted by molar-refractivity contribution is 1.23. The van der Waals surface area contributed by atoms with Crippen LogP contribution in [0.15, 0.2) is 152 Å². The molecule has 0 aliphatic carbocycles. The predicted octanol–water partition coefficient (Wildman–Crippen LogP) is 8.52. The van der Waals surface area contributed by atoms with Gasteiger partial charge in [0.1, 0.15) is 0 Å². The third-order valence-corrected chi connectivity index (χ3v) is 9.48. The lowest BCUT2D eigenvalue weighted by Crippen LogP contribution is -2.52. The van der Waals surface area contributed by atoms with E-state index in [0.717, 1.165) is 0 Å². The first-order valence-electron chi connectivity index (χ1n) is 15.0. The van der Waals surface area contributed by atoms with Crippen molar-refractivity contribution in [3.05, 3.63) is 152 Å². The van der Waals surface area contributed by atoms with Gasteiger partial charge in [0, 0.05) is 23.8 Å². The van der Waals surface area contributed by atoms with Gasteiger partial charge in [-0.1, -0.05) is 144 Å². The number of benzene rings is 8. The van der Waals surface area contributed by atoms with Crippen LogP contribution >= 0.6 is 0 Å². The normalized spacial score (nSPS) is 12.7. The summed E-state index contributed by atoms with van der Waals surface area (Å²) in [5.41, 5.74) is 11.6. The van der Waals surface area contributed by atoms with E-state index in [0.29, 0.717) is 0 Å². The summed E-state index contributed by atoms with van der Waals surface area (Å²) in [6, 6.07) is 56.0. The average Bonchev–Trinajstić information content (AvgIpc) is 3.18. The van der Waals surface area contributed by atoms with Crippen molar-refractivity contribution in [1.82, 2.24) is 0 Å². The standard InChI is InChI=1S/C41H28BN/c1-43-37-20-12-11-19-35(37)42(30-17-9-4-10-18-30)36-26-34-33(28-15-7-3-8-16-28)25-32(27-13-5-2-6-14-27)31-23-21-29-22-24-38(43)41(36)39(29)40(31)34/h2-26H,1H3. The minimum Gasteiger partial charge on any atom is -0.345 e. The van der Waals surface area contributed by atoms with Crippen molar-refractivity contribution in [2.75, 3.05) is 11.9 Å². The molecule has 0 aromatic heterocycles. The minimum atomic E-state index is 0.104. The van der Waals surface area contributed by atoms with Crippen LogP contribution in [-0.2, 0) is 0 Å². The van der Waals surface area contributed by atoms with Gasteiger partial charge in [0.15, 0.2) is 0 Å². The van der Waals surface area contributed by atoms with Gasteiger partial charge in [-0.15, -0.1) is 0 Å². The van der Waals surface area contributed by atoms with Crippen LogP contribution in [0.5, 0.6) is 0 Å². The molecule has 0 saturated heterocycles. The van der Waals surface area contributed by atoms with E-state index in [4.69, 9.17) is 0 Å². The van der Waals surface area contributed by atoms with Gasteiger partial charge in [0.25, 0.3) is 0 Å². The molecule has 0 spiro atoms. The van der Waals surface area contributed by atoms with Crippen molar-refractivity contribution < 1.29 is 0 Å². The van der Waals surface area contributed by atoms with Crippen LogP contribution in [0.4, 0.5) is 11.4 Å². The first-order chi connectivity index (χ1) is 21.3. The second-order valence-electron chi connectivity index (χ2n) is 11.7. The molecule has 2 heteroatoms. The fraction of sp³-hybridized carbons (Fsp3) is 0.0244. The highest BCUT2D eigenvalue weighted by molar-refractivity contribution is 6.98. The van der Waals surface area contributed by atoms with Crippen molar-refractivity contribution in [3.8, 4) is 22.3 Å². The van der Waals surface area contributed by atoms with E-state index in [-0.39, 0.29) is 6.71 Å². The van der Waals surface area contributed by atoms with Crippen LogP contribution in [-0.4, -0.2) is 13.8 Å². The van der Waals surface area contributed by atoms with E-state index in [9.17, 15) is 0 Å². The van der Waals surface area contributed by atoms with E-state index >= 15 is 0 Å². The number of hydrogen-bond donors (Lipinski definition) is 0. The summed E-state index contributed by atoms with van der Waals surface area (Å²) in [5.74, 6) is 0. The van der Waals surface area contributed by atoms with Gasteiger partial charge in [0.2, 0.25) is 6.71 Å². The van der Waals surface area contributed by atoms with Crippen molar-refractivity contribution in [2.24, 2.45) is 0 Å². The molecular weight excluding hydrogens is 517 g/mol. The summed E-state index contributed by atoms with van der Waals surface area (Å²) in [6.45, 7) is 0.104. The molecule has 8 aromatic carbocycles. The molecule has 43 heavy (non-hydrogen) atoms. The summed E-state index contributed by atoms with van der Waals surface area (Å²) in [4.78, 5) is 2.41. The van der Waals surface area contributed by atoms with Crippen LogP contribution in [0.3, 0.4) is 0 Å². The molecule has 0 bridgehead atoms. The Hall–Kier alpha value is -5.34. The molecular formula is C41H28BN. The Morgan fingerprint density at radius 2 is 1.05 bits per heavy atom. The molecule has 0 radical (unpaired) electrons. The lowest BCUT2D eigenvalue weighted by Gasteiger charge is -2.24. The molecule has 0 unspecified atom stereocenters. The van der Waals surface area contributed by atoms with Gasteiger partial charge in [-0.25, -0.2) is 0 Å². The molecule has 1 heterocycles. The minimum absolute atomic E-state index is 0.104. The molecule has 0 atom stereocenters. The summed E-state index contributed by atoms with van der Waals surface area (Å²) in [5, 5.41) is 7.97. The zero-order valence-corrected chi connectivity index (χ0v) is 24.0. The second-order valence-corrected chi connectivity index (χ2v) is 11.7. The molecule has 200 valence electrons. The number of anilines is 2. The average molecular weight is 545 g/mol. The fourth-order valence-electron chi connectivity index (χ4n) is 7.57. The Morgan fingerprint density at radius 1 is 0.442 bits per heavy atom. The van der Waals surface area contributed by atoms with Gasteiger partial charge in [0.05, 0.1) is 0 Å². The largest absolute Gasteiger partial charge is 0.345 e. The van der Waals surface area contributed by atoms with E-state index in [2.05, 4.69) is 164 Å². The maximum atomic E-state index is 2.53. The Kier molecular flexibility index (Phi) is 5.27. The highest BCUT2D eigenvalue weighted by Gasteiger charge is 2.33. The highest BCUT2D eigenvalue weighted by atomic mass is 15.1. The third kappa shape index (κ3) is 3.53. The third-order valence-electron chi connectivity index (χ3n) is 9.48. The Morgan fingerprint density at radius 3 is 1.77 bits per heavy atom. The zero-order chi connectivity index (χ0) is 28.5. The molecule has 1 aliphatic heterocycles. The topological polar surface area (TPSA) is 3.24 Å². The van der Waals surface area contributed by atoms with E-state index in [1.54, 1.807) is 0 Å². The maximum Gasteiger partial charge on any atom is 0.244 e. The van der Waals surface area contributed by atoms with Crippen LogP contribution in [0.2, 0.25) is 0 Å². The smallest absolute Gasteiger partial charge is 0.244 e. The summed E-state index contributed by atoms with van der Waals surface area (Å²) >= 11 is 0. The van der Waals surface area contributed by atoms with Crippen LogP contribution in [0.1, 0.15) is 0 Å². The van der Waals surface area contributed by atoms with Gasteiger partial charge in [-0.2, -0.15) is 0 Å². The first kappa shape index (κ1) is 24.3. The summed E-state index contributed by atoms with van der Waals surface area (Å²) in [6.07, 6.45) is 0. The molecule has 1 aliphatic rings. The molecule has 0 amide bonds. The number of rotatable bonds is 3. The van der Waals surface area contributed by atoms with Crippen molar-refractivity contribution in [2.45, 2.75) is 0 Å². The number of fused-ring (bicyclic) bond motifs is 1. The monoisotopic (exact) mass is 545 g/mol. The van der Waals surface area contributed by atoms with Gasteiger partial charge < -0.3 is 4.90 Å². The molecule has 8 aromatic rings. The molecule has 1 nitrogen and oxygen atoms in total. The van der Waals surface area contributed by atoms with Gasteiger partial charge >= 0.3 is 0 Å². The second kappa shape index (κ2) is 9.34. The Labute approximate surface area is 252 Å². The van der Waals surface area contributed by atoms with Crippen LogP contribution in [0, 0.1) is 0 Å². The Bertz CT molecular complexity index is 2290. The van der Waals surface area contributed by atoms with E-state index in [1.807, 2.05) is 0 Å². The fourth-order valence-corrected chi connectivity index (χ4v) is 7.57. The first-order valence-corrected chi connectivity index (χ1v) is 15.0. The summed E-state index contributed by atoms with van der Waals surface area (Å²) < 4.78 is 0. The molecule has 0 saturated carbocycles. The summed E-state index contributed by atoms with van der Waals surface area (Å²) in [7, 11) is 2.23. The number of para-hydroxylation sites is 1. The number of nitrogens with zero attached hydrogens (tertiary/aromatic N) is 1. The molecule has 0 fully saturated rings. The zero-order valence-electron chi connectivity index (χ0n) is 24.0.